The van der Waals surface area contributed by atoms with Crippen molar-refractivity contribution in [1.29, 1.82) is 0 Å². The van der Waals surface area contributed by atoms with E-state index in [1.54, 1.807) is 35.2 Å². The van der Waals surface area contributed by atoms with Crippen LogP contribution in [0.2, 0.25) is 0 Å². The third kappa shape index (κ3) is 5.67. The summed E-state index contributed by atoms with van der Waals surface area (Å²) in [6.07, 6.45) is 2.91. The molecule has 0 radical (unpaired) electrons. The molecule has 12 heteroatoms. The molecule has 9 nitrogen and oxygen atoms in total. The minimum atomic E-state index is -0.933. The maximum absolute atomic E-state index is 16.7. The number of likely N-dealkylation sites (N-methyl/N-ethyl adjacent to an activating group) is 1. The Balaban J connectivity index is 1.30. The first-order chi connectivity index (χ1) is 22.8. The molecule has 3 fully saturated rings. The summed E-state index contributed by atoms with van der Waals surface area (Å²) in [5.41, 5.74) is -0.859. The van der Waals surface area contributed by atoms with Crippen molar-refractivity contribution in [2.24, 2.45) is 0 Å². The molecule has 3 aliphatic heterocycles. The number of likely N-dealkylation sites (tertiary alicyclic amines) is 1. The Morgan fingerprint density at radius 3 is 2.67 bits per heavy atom. The molecular weight excluding hydrogens is 621 g/mol. The van der Waals surface area contributed by atoms with Crippen LogP contribution in [-0.2, 0) is 4.74 Å². The molecule has 0 spiro atoms. The lowest BCUT2D eigenvalue weighted by Gasteiger charge is -2.33. The molecule has 5 heterocycles. The van der Waals surface area contributed by atoms with Crippen molar-refractivity contribution in [3.05, 3.63) is 54.2 Å². The molecule has 2 aromatic heterocycles. The van der Waals surface area contributed by atoms with E-state index in [0.29, 0.717) is 48.1 Å². The molecule has 0 unspecified atom stereocenters. The summed E-state index contributed by atoms with van der Waals surface area (Å²) in [6, 6.07) is 9.38. The maximum atomic E-state index is 16.7. The van der Waals surface area contributed by atoms with Crippen molar-refractivity contribution in [3.63, 3.8) is 0 Å². The smallest absolute Gasteiger partial charge is 0.410 e. The predicted octanol–water partition coefficient (Wildman–Crippen LogP) is 6.91. The number of hydrogen-bond acceptors (Lipinski definition) is 8. The number of ether oxygens (including phenoxy) is 2. The van der Waals surface area contributed by atoms with Crippen LogP contribution in [0.25, 0.3) is 32.9 Å². The summed E-state index contributed by atoms with van der Waals surface area (Å²) in [4.78, 5) is 32.6. The third-order valence-corrected chi connectivity index (χ3v) is 10.2. The minimum absolute atomic E-state index is 0.0228. The summed E-state index contributed by atoms with van der Waals surface area (Å²) in [5.74, 6) is -0.828. The van der Waals surface area contributed by atoms with E-state index in [1.165, 1.54) is 12.3 Å². The molecule has 4 atom stereocenters. The highest BCUT2D eigenvalue weighted by atomic mass is 19.1. The number of pyridine rings is 1. The first-order valence-corrected chi connectivity index (χ1v) is 16.6. The van der Waals surface area contributed by atoms with Crippen LogP contribution < -0.4 is 9.64 Å². The quantitative estimate of drug-likeness (QED) is 0.220. The van der Waals surface area contributed by atoms with Crippen LogP contribution in [0.1, 0.15) is 53.4 Å². The van der Waals surface area contributed by atoms with Gasteiger partial charge in [-0.2, -0.15) is 9.97 Å². The number of halogens is 3. The van der Waals surface area contributed by atoms with E-state index in [0.717, 1.165) is 19.4 Å². The summed E-state index contributed by atoms with van der Waals surface area (Å²) >= 11 is 0. The largest absolute Gasteiger partial charge is 0.461 e. The van der Waals surface area contributed by atoms with Crippen molar-refractivity contribution in [1.82, 2.24) is 24.8 Å². The highest BCUT2D eigenvalue weighted by molar-refractivity contribution is 5.99. The van der Waals surface area contributed by atoms with E-state index in [-0.39, 0.29) is 41.3 Å². The highest BCUT2D eigenvalue weighted by Gasteiger charge is 2.49. The van der Waals surface area contributed by atoms with Crippen molar-refractivity contribution in [2.75, 3.05) is 38.2 Å². The van der Waals surface area contributed by atoms with Crippen LogP contribution in [-0.4, -0.2) is 93.5 Å². The third-order valence-electron chi connectivity index (χ3n) is 10.2. The minimum Gasteiger partial charge on any atom is -0.461 e. The first kappa shape index (κ1) is 32.4. The number of aromatic nitrogens is 3. The Bertz CT molecular complexity index is 1880. The van der Waals surface area contributed by atoms with E-state index in [2.05, 4.69) is 14.9 Å². The molecule has 1 amide bonds. The number of benzene rings is 2. The van der Waals surface area contributed by atoms with Gasteiger partial charge in [0.05, 0.1) is 23.0 Å². The molecular formula is C36H41F3N6O3. The second kappa shape index (κ2) is 12.0. The molecule has 2 aromatic carbocycles. The summed E-state index contributed by atoms with van der Waals surface area (Å²) in [6.45, 7) is 9.25. The lowest BCUT2D eigenvalue weighted by atomic mass is 9.95. The van der Waals surface area contributed by atoms with Crippen LogP contribution in [0, 0.1) is 11.6 Å². The van der Waals surface area contributed by atoms with Crippen LogP contribution >= 0.6 is 0 Å². The SMILES string of the molecule is C[C@@H]1[C@H](N(C)c2nc(OC[C@@]34CCCN3C[C@H](F)C4)nc3c(F)c(-c4cccc5cccc(F)c45)ncc23)CCN1C(=O)OC(C)(C)C. The zero-order chi connectivity index (χ0) is 34.0. The number of nitrogens with zero attached hydrogens (tertiary/aromatic N) is 6. The van der Waals surface area contributed by atoms with E-state index in [9.17, 15) is 9.18 Å². The second-order valence-corrected chi connectivity index (χ2v) is 14.4. The standard InChI is InChI=1S/C36H41F3N6O3/c1-21-27(13-16-45(21)34(46)48-35(2,3)4)43(5)32-25-18-40-30(24-11-6-9-22-10-7-12-26(38)28(22)24)29(39)31(25)41-33(42-32)47-20-36-14-8-15-44(36)19-23(37)17-36/h6-7,9-12,18,21,23,27H,8,13-17,19-20H2,1-5H3/t21-,23-,27-,36+/m1/s1. The van der Waals surface area contributed by atoms with Crippen molar-refractivity contribution >= 4 is 33.6 Å². The van der Waals surface area contributed by atoms with Gasteiger partial charge in [0.15, 0.2) is 5.82 Å². The fraction of sp³-hybridized carbons (Fsp3) is 0.500. The van der Waals surface area contributed by atoms with Gasteiger partial charge < -0.3 is 19.3 Å². The lowest BCUT2D eigenvalue weighted by molar-refractivity contribution is 0.0233. The monoisotopic (exact) mass is 662 g/mol. The number of hydrogen-bond donors (Lipinski definition) is 0. The molecule has 48 heavy (non-hydrogen) atoms. The van der Waals surface area contributed by atoms with Gasteiger partial charge in [0, 0.05) is 43.7 Å². The molecule has 7 rings (SSSR count). The van der Waals surface area contributed by atoms with E-state index < -0.39 is 35.0 Å². The molecule has 3 saturated heterocycles. The Labute approximate surface area is 278 Å². The van der Waals surface area contributed by atoms with Gasteiger partial charge in [0.1, 0.15) is 41.2 Å². The van der Waals surface area contributed by atoms with Crippen molar-refractivity contribution in [2.45, 2.75) is 82.8 Å². The number of amides is 1. The molecule has 0 bridgehead atoms. The van der Waals surface area contributed by atoms with Gasteiger partial charge in [-0.15, -0.1) is 0 Å². The topological polar surface area (TPSA) is 83.9 Å². The average Bonchev–Trinajstić information content (AvgIpc) is 3.70. The van der Waals surface area contributed by atoms with Gasteiger partial charge in [0.2, 0.25) is 0 Å². The Hall–Kier alpha value is -4.19. The molecule has 3 aliphatic rings. The van der Waals surface area contributed by atoms with E-state index >= 15 is 8.78 Å². The zero-order valence-corrected chi connectivity index (χ0v) is 28.0. The Morgan fingerprint density at radius 2 is 1.90 bits per heavy atom. The van der Waals surface area contributed by atoms with Gasteiger partial charge in [-0.05, 0) is 65.0 Å². The molecule has 0 saturated carbocycles. The van der Waals surface area contributed by atoms with Crippen molar-refractivity contribution < 1.29 is 27.4 Å². The predicted molar refractivity (Wildman–Crippen MR) is 178 cm³/mol. The number of fused-ring (bicyclic) bond motifs is 3. The first-order valence-electron chi connectivity index (χ1n) is 16.6. The van der Waals surface area contributed by atoms with Gasteiger partial charge in [-0.1, -0.05) is 30.3 Å². The Morgan fingerprint density at radius 1 is 1.12 bits per heavy atom. The molecule has 254 valence electrons. The fourth-order valence-corrected chi connectivity index (χ4v) is 7.86. The van der Waals surface area contributed by atoms with E-state index in [4.69, 9.17) is 14.5 Å². The zero-order valence-electron chi connectivity index (χ0n) is 28.0. The van der Waals surface area contributed by atoms with Crippen LogP contribution in [0.15, 0.2) is 42.6 Å². The van der Waals surface area contributed by atoms with Crippen LogP contribution in [0.5, 0.6) is 6.01 Å². The maximum Gasteiger partial charge on any atom is 0.410 e. The number of carbonyl (C=O) groups excluding carboxylic acids is 1. The summed E-state index contributed by atoms with van der Waals surface area (Å²) < 4.78 is 58.3. The summed E-state index contributed by atoms with van der Waals surface area (Å²) in [5, 5.41) is 1.23. The lowest BCUT2D eigenvalue weighted by Crippen LogP contribution is -2.45. The van der Waals surface area contributed by atoms with E-state index in [1.807, 2.05) is 39.6 Å². The molecule has 0 N–H and O–H groups in total. The highest BCUT2D eigenvalue weighted by Crippen LogP contribution is 2.41. The molecule has 4 aromatic rings. The average molecular weight is 663 g/mol. The number of alkyl halides is 1. The van der Waals surface area contributed by atoms with Crippen LogP contribution in [0.4, 0.5) is 23.8 Å². The summed E-state index contributed by atoms with van der Waals surface area (Å²) in [7, 11) is 1.85. The molecule has 0 aliphatic carbocycles. The fourth-order valence-electron chi connectivity index (χ4n) is 7.86. The second-order valence-electron chi connectivity index (χ2n) is 14.4. The van der Waals surface area contributed by atoms with Gasteiger partial charge in [0.25, 0.3) is 0 Å². The number of rotatable bonds is 6. The normalized spacial score (nSPS) is 24.4. The van der Waals surface area contributed by atoms with Gasteiger partial charge in [-0.25, -0.2) is 18.0 Å². The number of carbonyl (C=O) groups is 1. The number of anilines is 1. The van der Waals surface area contributed by atoms with Crippen molar-refractivity contribution in [3.8, 4) is 17.3 Å². The van der Waals surface area contributed by atoms with Gasteiger partial charge >= 0.3 is 12.1 Å². The van der Waals surface area contributed by atoms with Crippen LogP contribution in [0.3, 0.4) is 0 Å². The Kier molecular flexibility index (Phi) is 8.12. The van der Waals surface area contributed by atoms with Gasteiger partial charge in [-0.3, -0.25) is 9.88 Å².